The SMILES string of the molecule is FC(F)(F)c1cc(COCC2CNCC2c2ccc(Cl)cc2)cc(C(F)(F)F)c1. The van der Waals surface area contributed by atoms with E-state index in [1.165, 1.54) is 0 Å². The van der Waals surface area contributed by atoms with Gasteiger partial charge >= 0.3 is 12.4 Å². The molecule has 0 spiro atoms. The Balaban J connectivity index is 1.68. The summed E-state index contributed by atoms with van der Waals surface area (Å²) in [5, 5.41) is 3.84. The summed E-state index contributed by atoms with van der Waals surface area (Å²) >= 11 is 5.90. The summed E-state index contributed by atoms with van der Waals surface area (Å²) in [6, 6.07) is 8.84. The lowest BCUT2D eigenvalue weighted by molar-refractivity contribution is -0.143. The second-order valence-corrected chi connectivity index (χ2v) is 7.44. The van der Waals surface area contributed by atoms with Crippen molar-refractivity contribution in [1.29, 1.82) is 0 Å². The van der Waals surface area contributed by atoms with Gasteiger partial charge in [0.05, 0.1) is 24.3 Å². The second-order valence-electron chi connectivity index (χ2n) is 7.01. The summed E-state index contributed by atoms with van der Waals surface area (Å²) in [5.41, 5.74) is -1.80. The first-order chi connectivity index (χ1) is 13.5. The van der Waals surface area contributed by atoms with Crippen LogP contribution in [0.25, 0.3) is 0 Å². The van der Waals surface area contributed by atoms with Crippen molar-refractivity contribution in [3.63, 3.8) is 0 Å². The number of ether oxygens (including phenoxy) is 1. The molecule has 1 aliphatic rings. The average molecular weight is 438 g/mol. The van der Waals surface area contributed by atoms with E-state index in [0.717, 1.165) is 5.56 Å². The average Bonchev–Trinajstić information content (AvgIpc) is 3.09. The molecule has 29 heavy (non-hydrogen) atoms. The van der Waals surface area contributed by atoms with E-state index >= 15 is 0 Å². The fraction of sp³-hybridized carbons (Fsp3) is 0.400. The minimum Gasteiger partial charge on any atom is -0.376 e. The van der Waals surface area contributed by atoms with Gasteiger partial charge in [-0.15, -0.1) is 0 Å². The molecule has 1 heterocycles. The lowest BCUT2D eigenvalue weighted by atomic mass is 9.89. The fourth-order valence-corrected chi connectivity index (χ4v) is 3.57. The Morgan fingerprint density at radius 2 is 1.48 bits per heavy atom. The van der Waals surface area contributed by atoms with Gasteiger partial charge in [-0.3, -0.25) is 0 Å². The molecule has 3 rings (SSSR count). The smallest absolute Gasteiger partial charge is 0.376 e. The first-order valence-electron chi connectivity index (χ1n) is 8.86. The van der Waals surface area contributed by atoms with Crippen LogP contribution >= 0.6 is 11.6 Å². The van der Waals surface area contributed by atoms with Crippen LogP contribution in [0.5, 0.6) is 0 Å². The number of nitrogens with one attached hydrogen (secondary N) is 1. The molecular formula is C20H18ClF6NO. The lowest BCUT2D eigenvalue weighted by Crippen LogP contribution is -2.18. The van der Waals surface area contributed by atoms with Crippen molar-refractivity contribution in [2.45, 2.75) is 24.9 Å². The molecule has 0 radical (unpaired) electrons. The molecule has 0 saturated carbocycles. The van der Waals surface area contributed by atoms with Crippen LogP contribution in [0.4, 0.5) is 26.3 Å². The predicted octanol–water partition coefficient (Wildman–Crippen LogP) is 5.90. The Bertz CT molecular complexity index is 802. The monoisotopic (exact) mass is 437 g/mol. The van der Waals surface area contributed by atoms with Gasteiger partial charge in [0.2, 0.25) is 0 Å². The largest absolute Gasteiger partial charge is 0.416 e. The van der Waals surface area contributed by atoms with E-state index in [1.54, 1.807) is 12.1 Å². The quantitative estimate of drug-likeness (QED) is 0.588. The molecule has 0 aromatic heterocycles. The zero-order valence-corrected chi connectivity index (χ0v) is 15.8. The van der Waals surface area contributed by atoms with Gasteiger partial charge in [-0.25, -0.2) is 0 Å². The maximum atomic E-state index is 12.9. The topological polar surface area (TPSA) is 21.3 Å². The molecule has 1 aliphatic heterocycles. The molecule has 1 fully saturated rings. The van der Waals surface area contributed by atoms with Gasteiger partial charge in [0.15, 0.2) is 0 Å². The van der Waals surface area contributed by atoms with Crippen molar-refractivity contribution in [3.05, 3.63) is 69.7 Å². The Morgan fingerprint density at radius 1 is 0.897 bits per heavy atom. The molecule has 0 bridgehead atoms. The van der Waals surface area contributed by atoms with Gasteiger partial charge in [-0.1, -0.05) is 23.7 Å². The maximum absolute atomic E-state index is 12.9. The van der Waals surface area contributed by atoms with E-state index in [0.29, 0.717) is 30.2 Å². The number of halogens is 7. The third-order valence-electron chi connectivity index (χ3n) is 4.89. The minimum atomic E-state index is -4.87. The molecule has 9 heteroatoms. The summed E-state index contributed by atoms with van der Waals surface area (Å²) < 4.78 is 83.2. The summed E-state index contributed by atoms with van der Waals surface area (Å²) in [5.74, 6) is 0.170. The second kappa shape index (κ2) is 8.53. The number of rotatable bonds is 5. The van der Waals surface area contributed by atoms with E-state index in [9.17, 15) is 26.3 Å². The van der Waals surface area contributed by atoms with Crippen LogP contribution in [-0.2, 0) is 23.7 Å². The van der Waals surface area contributed by atoms with E-state index in [4.69, 9.17) is 16.3 Å². The van der Waals surface area contributed by atoms with Crippen molar-refractivity contribution in [2.75, 3.05) is 19.7 Å². The van der Waals surface area contributed by atoms with E-state index in [-0.39, 0.29) is 36.7 Å². The summed E-state index contributed by atoms with van der Waals surface area (Å²) in [4.78, 5) is 0. The van der Waals surface area contributed by atoms with Crippen molar-refractivity contribution < 1.29 is 31.1 Å². The molecule has 0 aliphatic carbocycles. The Kier molecular flexibility index (Phi) is 6.45. The van der Waals surface area contributed by atoms with E-state index < -0.39 is 23.5 Å². The molecular weight excluding hydrogens is 420 g/mol. The maximum Gasteiger partial charge on any atom is 0.416 e. The van der Waals surface area contributed by atoms with Gasteiger partial charge in [-0.05, 0) is 41.5 Å². The number of hydrogen-bond acceptors (Lipinski definition) is 2. The normalized spacial score (nSPS) is 20.2. The molecule has 2 nitrogen and oxygen atoms in total. The highest BCUT2D eigenvalue weighted by atomic mass is 35.5. The van der Waals surface area contributed by atoms with Gasteiger partial charge < -0.3 is 10.1 Å². The molecule has 0 amide bonds. The number of alkyl halides is 6. The third-order valence-corrected chi connectivity index (χ3v) is 5.14. The van der Waals surface area contributed by atoms with Gasteiger partial charge in [0.25, 0.3) is 0 Å². The standard InChI is InChI=1S/C20H18ClF6NO/c21-17-3-1-13(2-4-17)18-9-28-8-14(18)11-29-10-12-5-15(19(22,23)24)7-16(6-12)20(25,26)27/h1-7,14,18,28H,8-11H2. The highest BCUT2D eigenvalue weighted by Crippen LogP contribution is 2.36. The van der Waals surface area contributed by atoms with Crippen LogP contribution < -0.4 is 5.32 Å². The first kappa shape index (κ1) is 21.9. The summed E-state index contributed by atoms with van der Waals surface area (Å²) in [7, 11) is 0. The van der Waals surface area contributed by atoms with Crippen LogP contribution in [0.1, 0.15) is 28.2 Å². The Labute approximate surface area is 168 Å². The van der Waals surface area contributed by atoms with Gasteiger partial charge in [0, 0.05) is 29.9 Å². The molecule has 158 valence electrons. The van der Waals surface area contributed by atoms with Crippen molar-refractivity contribution >= 4 is 11.6 Å². The van der Waals surface area contributed by atoms with E-state index in [2.05, 4.69) is 5.32 Å². The molecule has 2 aromatic carbocycles. The number of benzene rings is 2. The molecule has 1 saturated heterocycles. The minimum absolute atomic E-state index is 0.0454. The van der Waals surface area contributed by atoms with Crippen LogP contribution in [0.15, 0.2) is 42.5 Å². The summed E-state index contributed by atoms with van der Waals surface area (Å²) in [6.45, 7) is 1.22. The third kappa shape index (κ3) is 5.65. The molecule has 2 atom stereocenters. The summed E-state index contributed by atoms with van der Waals surface area (Å²) in [6.07, 6.45) is -9.74. The molecule has 1 N–H and O–H groups in total. The number of hydrogen-bond donors (Lipinski definition) is 1. The van der Waals surface area contributed by atoms with E-state index in [1.807, 2.05) is 12.1 Å². The molecule has 2 aromatic rings. The van der Waals surface area contributed by atoms with Gasteiger partial charge in [0.1, 0.15) is 0 Å². The first-order valence-corrected chi connectivity index (χ1v) is 9.24. The van der Waals surface area contributed by atoms with Crippen molar-refractivity contribution in [3.8, 4) is 0 Å². The van der Waals surface area contributed by atoms with Crippen LogP contribution in [0, 0.1) is 5.92 Å². The Hall–Kier alpha value is -1.77. The fourth-order valence-electron chi connectivity index (χ4n) is 3.44. The zero-order chi connectivity index (χ0) is 21.2. The lowest BCUT2D eigenvalue weighted by Gasteiger charge is -2.20. The zero-order valence-electron chi connectivity index (χ0n) is 15.1. The van der Waals surface area contributed by atoms with Crippen LogP contribution in [0.3, 0.4) is 0 Å². The van der Waals surface area contributed by atoms with Crippen molar-refractivity contribution in [2.24, 2.45) is 5.92 Å². The highest BCUT2D eigenvalue weighted by Gasteiger charge is 2.37. The highest BCUT2D eigenvalue weighted by molar-refractivity contribution is 6.30. The van der Waals surface area contributed by atoms with Crippen LogP contribution in [0.2, 0.25) is 5.02 Å². The Morgan fingerprint density at radius 3 is 2.03 bits per heavy atom. The molecule has 2 unspecified atom stereocenters. The van der Waals surface area contributed by atoms with Crippen LogP contribution in [-0.4, -0.2) is 19.7 Å². The predicted molar refractivity (Wildman–Crippen MR) is 96.7 cm³/mol. The van der Waals surface area contributed by atoms with Gasteiger partial charge in [-0.2, -0.15) is 26.3 Å². The van der Waals surface area contributed by atoms with Crippen molar-refractivity contribution in [1.82, 2.24) is 5.32 Å².